The van der Waals surface area contributed by atoms with Crippen molar-refractivity contribution < 1.29 is 0 Å². The zero-order valence-electron chi connectivity index (χ0n) is 8.47. The fourth-order valence-corrected chi connectivity index (χ4v) is 2.71. The lowest BCUT2D eigenvalue weighted by Gasteiger charge is -2.40. The van der Waals surface area contributed by atoms with Crippen molar-refractivity contribution in [2.24, 2.45) is 0 Å². The Morgan fingerprint density at radius 1 is 1.25 bits per heavy atom. The number of likely N-dealkylation sites (tertiary alicyclic amines) is 1. The third kappa shape index (κ3) is 1.28. The van der Waals surface area contributed by atoms with Gasteiger partial charge in [0.05, 0.1) is 0 Å². The molecule has 2 fully saturated rings. The van der Waals surface area contributed by atoms with Crippen LogP contribution in [0, 0.1) is 0 Å². The molecule has 1 saturated carbocycles. The highest BCUT2D eigenvalue weighted by atomic mass is 15.3. The lowest BCUT2D eigenvalue weighted by atomic mass is 9.97. The first-order chi connectivity index (χ1) is 5.78. The van der Waals surface area contributed by atoms with Gasteiger partial charge in [-0.3, -0.25) is 4.90 Å². The molecule has 1 nitrogen and oxygen atoms in total. The summed E-state index contributed by atoms with van der Waals surface area (Å²) in [4.78, 5) is 2.79. The molecule has 0 aromatic carbocycles. The van der Waals surface area contributed by atoms with Gasteiger partial charge >= 0.3 is 0 Å². The molecule has 1 heterocycles. The van der Waals surface area contributed by atoms with Crippen LogP contribution in [0.5, 0.6) is 0 Å². The SMILES string of the molecule is CCC(C)N1CCCCC12CC2. The van der Waals surface area contributed by atoms with Crippen molar-refractivity contribution in [2.45, 2.75) is 64.0 Å². The molecule has 1 aliphatic carbocycles. The smallest absolute Gasteiger partial charge is 0.0213 e. The maximum absolute atomic E-state index is 2.79. The van der Waals surface area contributed by atoms with Gasteiger partial charge in [-0.2, -0.15) is 0 Å². The number of rotatable bonds is 2. The van der Waals surface area contributed by atoms with Gasteiger partial charge in [0.15, 0.2) is 0 Å². The van der Waals surface area contributed by atoms with Gasteiger partial charge in [0.25, 0.3) is 0 Å². The van der Waals surface area contributed by atoms with Crippen molar-refractivity contribution in [1.82, 2.24) is 4.90 Å². The summed E-state index contributed by atoms with van der Waals surface area (Å²) >= 11 is 0. The molecule has 2 aliphatic rings. The summed E-state index contributed by atoms with van der Waals surface area (Å²) in [5.41, 5.74) is 0.702. The van der Waals surface area contributed by atoms with Gasteiger partial charge in [0.2, 0.25) is 0 Å². The zero-order chi connectivity index (χ0) is 8.60. The molecule has 0 aromatic rings. The molecule has 1 spiro atoms. The molecule has 1 heteroatoms. The summed E-state index contributed by atoms with van der Waals surface area (Å²) < 4.78 is 0. The van der Waals surface area contributed by atoms with E-state index in [4.69, 9.17) is 0 Å². The molecule has 1 unspecified atom stereocenters. The van der Waals surface area contributed by atoms with Crippen LogP contribution >= 0.6 is 0 Å². The summed E-state index contributed by atoms with van der Waals surface area (Å²) in [7, 11) is 0. The number of hydrogen-bond acceptors (Lipinski definition) is 1. The van der Waals surface area contributed by atoms with Gasteiger partial charge in [0.1, 0.15) is 0 Å². The predicted octanol–water partition coefficient (Wildman–Crippen LogP) is 2.80. The van der Waals surface area contributed by atoms with Crippen LogP contribution in [0.2, 0.25) is 0 Å². The summed E-state index contributed by atoms with van der Waals surface area (Å²) in [6.45, 7) is 6.08. The van der Waals surface area contributed by atoms with Crippen LogP contribution in [-0.4, -0.2) is 23.0 Å². The van der Waals surface area contributed by atoms with E-state index in [-0.39, 0.29) is 0 Å². The van der Waals surface area contributed by atoms with Gasteiger partial charge in [-0.25, -0.2) is 0 Å². The minimum absolute atomic E-state index is 0.702. The Bertz CT molecular complexity index is 160. The first-order valence-electron chi connectivity index (χ1n) is 5.55. The fraction of sp³-hybridized carbons (Fsp3) is 1.00. The highest BCUT2D eigenvalue weighted by Crippen LogP contribution is 2.49. The van der Waals surface area contributed by atoms with Crippen LogP contribution in [0.3, 0.4) is 0 Å². The van der Waals surface area contributed by atoms with Crippen LogP contribution in [0.15, 0.2) is 0 Å². The van der Waals surface area contributed by atoms with Gasteiger partial charge in [-0.05, 0) is 45.6 Å². The summed E-state index contributed by atoms with van der Waals surface area (Å²) in [6.07, 6.45) is 8.69. The highest BCUT2D eigenvalue weighted by Gasteiger charge is 2.49. The molecule has 0 aromatic heterocycles. The second-order valence-corrected chi connectivity index (χ2v) is 4.63. The van der Waals surface area contributed by atoms with Gasteiger partial charge in [0, 0.05) is 11.6 Å². The summed E-state index contributed by atoms with van der Waals surface area (Å²) in [5.74, 6) is 0. The molecule has 0 amide bonds. The van der Waals surface area contributed by atoms with Crippen LogP contribution in [-0.2, 0) is 0 Å². The summed E-state index contributed by atoms with van der Waals surface area (Å²) in [6, 6.07) is 0.827. The van der Waals surface area contributed by atoms with E-state index in [1.54, 1.807) is 0 Å². The van der Waals surface area contributed by atoms with E-state index in [2.05, 4.69) is 18.7 Å². The average molecular weight is 167 g/mol. The van der Waals surface area contributed by atoms with E-state index in [9.17, 15) is 0 Å². The highest BCUT2D eigenvalue weighted by molar-refractivity contribution is 5.06. The van der Waals surface area contributed by atoms with E-state index >= 15 is 0 Å². The van der Waals surface area contributed by atoms with Crippen molar-refractivity contribution in [3.63, 3.8) is 0 Å². The van der Waals surface area contributed by atoms with Crippen molar-refractivity contribution in [1.29, 1.82) is 0 Å². The van der Waals surface area contributed by atoms with Crippen molar-refractivity contribution in [3.05, 3.63) is 0 Å². The molecule has 0 radical (unpaired) electrons. The van der Waals surface area contributed by atoms with Gasteiger partial charge in [-0.15, -0.1) is 0 Å². The lowest BCUT2D eigenvalue weighted by molar-refractivity contribution is 0.0836. The standard InChI is InChI=1S/C11H21N/c1-3-10(2)12-9-5-4-6-11(12)7-8-11/h10H,3-9H2,1-2H3. The Hall–Kier alpha value is -0.0400. The molecule has 1 aliphatic heterocycles. The normalized spacial score (nSPS) is 30.5. The first kappa shape index (κ1) is 8.55. The Kier molecular flexibility index (Phi) is 2.16. The Labute approximate surface area is 76.1 Å². The largest absolute Gasteiger partial charge is 0.295 e. The van der Waals surface area contributed by atoms with E-state index in [1.807, 2.05) is 0 Å². The molecule has 2 rings (SSSR count). The third-order valence-electron chi connectivity index (χ3n) is 3.85. The van der Waals surface area contributed by atoms with E-state index in [0.717, 1.165) is 6.04 Å². The Morgan fingerprint density at radius 3 is 2.58 bits per heavy atom. The molecule has 1 saturated heterocycles. The maximum atomic E-state index is 2.79. The second-order valence-electron chi connectivity index (χ2n) is 4.63. The maximum Gasteiger partial charge on any atom is 0.0213 e. The van der Waals surface area contributed by atoms with Gasteiger partial charge in [-0.1, -0.05) is 13.3 Å². The molecule has 12 heavy (non-hydrogen) atoms. The Morgan fingerprint density at radius 2 is 2.00 bits per heavy atom. The average Bonchev–Trinajstić information content (AvgIpc) is 2.85. The first-order valence-corrected chi connectivity index (χ1v) is 5.55. The number of piperidine rings is 1. The van der Waals surface area contributed by atoms with Crippen molar-refractivity contribution >= 4 is 0 Å². The van der Waals surface area contributed by atoms with Crippen LogP contribution < -0.4 is 0 Å². The summed E-state index contributed by atoms with van der Waals surface area (Å²) in [5, 5.41) is 0. The molecular formula is C11H21N. The van der Waals surface area contributed by atoms with Crippen molar-refractivity contribution in [2.75, 3.05) is 6.54 Å². The van der Waals surface area contributed by atoms with E-state index in [1.165, 1.54) is 45.1 Å². The molecular weight excluding hydrogens is 146 g/mol. The minimum Gasteiger partial charge on any atom is -0.295 e. The molecule has 0 bridgehead atoms. The monoisotopic (exact) mass is 167 g/mol. The van der Waals surface area contributed by atoms with E-state index in [0.29, 0.717) is 5.54 Å². The molecule has 0 N–H and O–H groups in total. The Balaban J connectivity index is 2.01. The van der Waals surface area contributed by atoms with Crippen LogP contribution in [0.4, 0.5) is 0 Å². The number of nitrogens with zero attached hydrogens (tertiary/aromatic N) is 1. The quantitative estimate of drug-likeness (QED) is 0.611. The zero-order valence-corrected chi connectivity index (χ0v) is 8.47. The van der Waals surface area contributed by atoms with Crippen LogP contribution in [0.1, 0.15) is 52.4 Å². The third-order valence-corrected chi connectivity index (χ3v) is 3.85. The molecule has 70 valence electrons. The minimum atomic E-state index is 0.702. The second kappa shape index (κ2) is 3.02. The van der Waals surface area contributed by atoms with E-state index < -0.39 is 0 Å². The fourth-order valence-electron chi connectivity index (χ4n) is 2.71. The van der Waals surface area contributed by atoms with Gasteiger partial charge < -0.3 is 0 Å². The molecule has 1 atom stereocenters. The topological polar surface area (TPSA) is 3.24 Å². The lowest BCUT2D eigenvalue weighted by Crippen LogP contribution is -2.46. The number of hydrogen-bond donors (Lipinski definition) is 0. The van der Waals surface area contributed by atoms with Crippen molar-refractivity contribution in [3.8, 4) is 0 Å². The van der Waals surface area contributed by atoms with Crippen LogP contribution in [0.25, 0.3) is 0 Å². The predicted molar refractivity (Wildman–Crippen MR) is 52.3 cm³/mol.